The lowest BCUT2D eigenvalue weighted by atomic mass is 9.90. The van der Waals surface area contributed by atoms with Crippen molar-refractivity contribution in [3.63, 3.8) is 0 Å². The van der Waals surface area contributed by atoms with E-state index >= 15 is 0 Å². The number of H-pyrrole nitrogens is 1. The maximum absolute atomic E-state index is 13.6. The Kier molecular flexibility index (Phi) is 6.89. The quantitative estimate of drug-likeness (QED) is 0.333. The molecular formula is C30H28ClN5O4. The van der Waals surface area contributed by atoms with Crippen molar-refractivity contribution >= 4 is 45.9 Å². The summed E-state index contributed by atoms with van der Waals surface area (Å²) in [6.45, 7) is 0.713. The van der Waals surface area contributed by atoms with E-state index in [4.69, 9.17) is 11.6 Å². The molecule has 204 valence electrons. The third kappa shape index (κ3) is 5.24. The van der Waals surface area contributed by atoms with Crippen molar-refractivity contribution < 1.29 is 14.4 Å². The normalized spacial score (nSPS) is 18.9. The van der Waals surface area contributed by atoms with Gasteiger partial charge in [0.1, 0.15) is 0 Å². The number of piperidine rings is 1. The van der Waals surface area contributed by atoms with Gasteiger partial charge in [-0.05, 0) is 61.7 Å². The van der Waals surface area contributed by atoms with Crippen molar-refractivity contribution in [2.24, 2.45) is 11.8 Å². The van der Waals surface area contributed by atoms with Crippen LogP contribution in [0.15, 0.2) is 77.9 Å². The number of carbonyl (C=O) groups is 3. The van der Waals surface area contributed by atoms with Gasteiger partial charge in [-0.3, -0.25) is 23.7 Å². The van der Waals surface area contributed by atoms with Gasteiger partial charge in [-0.15, -0.1) is 0 Å². The highest BCUT2D eigenvalue weighted by Crippen LogP contribution is 2.33. The number of halogens is 1. The third-order valence-electron chi connectivity index (χ3n) is 7.63. The predicted octanol–water partition coefficient (Wildman–Crippen LogP) is 3.97. The molecule has 9 nitrogen and oxygen atoms in total. The molecule has 0 spiro atoms. The van der Waals surface area contributed by atoms with Gasteiger partial charge in [0.25, 0.3) is 11.5 Å². The maximum atomic E-state index is 13.6. The Labute approximate surface area is 235 Å². The summed E-state index contributed by atoms with van der Waals surface area (Å²) in [6, 6.07) is 16.7. The van der Waals surface area contributed by atoms with Crippen molar-refractivity contribution in [2.45, 2.75) is 25.3 Å². The Hall–Kier alpha value is -4.37. The molecule has 0 unspecified atom stereocenters. The predicted molar refractivity (Wildman–Crippen MR) is 153 cm³/mol. The zero-order valence-electron chi connectivity index (χ0n) is 21.6. The maximum Gasteiger partial charge on any atom is 0.255 e. The molecule has 3 amide bonds. The Morgan fingerprint density at radius 2 is 1.77 bits per heavy atom. The van der Waals surface area contributed by atoms with E-state index in [-0.39, 0.29) is 35.7 Å². The number of fused-ring (bicyclic) bond motifs is 1. The average molecular weight is 558 g/mol. The first-order valence-electron chi connectivity index (χ1n) is 13.3. The standard InChI is InChI=1S/C30H28ClN5O4/c31-24-16-32-26-15-19(6-11-22(24)26)28(38)34-25-12-14-35(30(40)18-4-5-18)17-23(25)29(39)33-20-7-9-21(10-8-20)36-13-2-1-3-27(36)37/h1-3,6-11,13,15-16,18,23,25,32H,4-5,12,14,17H2,(H,33,39)(H,34,38)/t23-,25+/m0/s1. The van der Waals surface area contributed by atoms with Crippen LogP contribution in [0.4, 0.5) is 5.69 Å². The van der Waals surface area contributed by atoms with Crippen molar-refractivity contribution in [1.29, 1.82) is 0 Å². The number of hydrogen-bond donors (Lipinski definition) is 3. The number of aromatic nitrogens is 2. The Morgan fingerprint density at radius 3 is 2.52 bits per heavy atom. The van der Waals surface area contributed by atoms with Crippen LogP contribution < -0.4 is 16.2 Å². The van der Waals surface area contributed by atoms with Crippen LogP contribution >= 0.6 is 11.6 Å². The lowest BCUT2D eigenvalue weighted by Gasteiger charge is -2.38. The minimum absolute atomic E-state index is 0.0446. The highest BCUT2D eigenvalue weighted by atomic mass is 35.5. The van der Waals surface area contributed by atoms with E-state index < -0.39 is 12.0 Å². The fourth-order valence-corrected chi connectivity index (χ4v) is 5.46. The molecule has 4 aromatic rings. The van der Waals surface area contributed by atoms with Gasteiger partial charge in [0, 0.05) is 71.4 Å². The minimum Gasteiger partial charge on any atom is -0.360 e. The molecule has 3 heterocycles. The van der Waals surface area contributed by atoms with Crippen LogP contribution in [0, 0.1) is 11.8 Å². The molecule has 40 heavy (non-hydrogen) atoms. The molecule has 10 heteroatoms. The summed E-state index contributed by atoms with van der Waals surface area (Å²) in [5, 5.41) is 7.39. The average Bonchev–Trinajstić information content (AvgIpc) is 3.76. The number of likely N-dealkylation sites (tertiary alicyclic amines) is 1. The molecule has 1 aliphatic heterocycles. The monoisotopic (exact) mass is 557 g/mol. The van der Waals surface area contributed by atoms with Crippen LogP contribution in [-0.2, 0) is 9.59 Å². The van der Waals surface area contributed by atoms with E-state index in [0.29, 0.717) is 34.9 Å². The molecule has 1 saturated carbocycles. The second kappa shape index (κ2) is 10.7. The number of carbonyl (C=O) groups excluding carboxylic acids is 3. The van der Waals surface area contributed by atoms with Crippen LogP contribution in [0.2, 0.25) is 5.02 Å². The van der Waals surface area contributed by atoms with E-state index in [2.05, 4.69) is 15.6 Å². The first kappa shape index (κ1) is 25.9. The summed E-state index contributed by atoms with van der Waals surface area (Å²) in [4.78, 5) is 56.6. The van der Waals surface area contributed by atoms with Crippen LogP contribution in [-0.4, -0.2) is 51.3 Å². The van der Waals surface area contributed by atoms with E-state index in [0.717, 1.165) is 23.7 Å². The van der Waals surface area contributed by atoms with Gasteiger partial charge in [0.15, 0.2) is 0 Å². The van der Waals surface area contributed by atoms with Gasteiger partial charge in [-0.2, -0.15) is 0 Å². The fourth-order valence-electron chi connectivity index (χ4n) is 5.24. The second-order valence-electron chi connectivity index (χ2n) is 10.4. The van der Waals surface area contributed by atoms with Gasteiger partial charge in [-0.25, -0.2) is 0 Å². The zero-order chi connectivity index (χ0) is 27.8. The van der Waals surface area contributed by atoms with E-state index in [1.165, 1.54) is 10.6 Å². The third-order valence-corrected chi connectivity index (χ3v) is 7.95. The number of aromatic amines is 1. The second-order valence-corrected chi connectivity index (χ2v) is 10.8. The lowest BCUT2D eigenvalue weighted by Crippen LogP contribution is -2.56. The number of hydrogen-bond acceptors (Lipinski definition) is 4. The summed E-state index contributed by atoms with van der Waals surface area (Å²) in [7, 11) is 0. The summed E-state index contributed by atoms with van der Waals surface area (Å²) in [6.07, 6.45) is 5.59. The molecule has 2 aliphatic rings. The number of benzene rings is 2. The Balaban J connectivity index is 1.19. The van der Waals surface area contributed by atoms with Gasteiger partial charge in [0.05, 0.1) is 10.9 Å². The SMILES string of the molecule is O=C(N[C@@H]1CCN(C(=O)C2CC2)C[C@@H]1C(=O)Nc1ccc(-n2ccccc2=O)cc1)c1ccc2c(Cl)c[nH]c2c1. The Morgan fingerprint density at radius 1 is 0.975 bits per heavy atom. The number of nitrogens with one attached hydrogen (secondary N) is 3. The first-order chi connectivity index (χ1) is 19.4. The van der Waals surface area contributed by atoms with E-state index in [9.17, 15) is 19.2 Å². The zero-order valence-corrected chi connectivity index (χ0v) is 22.4. The fraction of sp³-hybridized carbons (Fsp3) is 0.267. The molecule has 2 atom stereocenters. The molecule has 3 N–H and O–H groups in total. The Bertz CT molecular complexity index is 1660. The summed E-state index contributed by atoms with van der Waals surface area (Å²) in [5.74, 6) is -1.09. The van der Waals surface area contributed by atoms with Crippen LogP contribution in [0.1, 0.15) is 29.6 Å². The number of amides is 3. The van der Waals surface area contributed by atoms with Crippen molar-refractivity contribution in [2.75, 3.05) is 18.4 Å². The molecular weight excluding hydrogens is 530 g/mol. The van der Waals surface area contributed by atoms with Crippen molar-refractivity contribution in [3.05, 3.63) is 94.0 Å². The molecule has 6 rings (SSSR count). The first-order valence-corrected chi connectivity index (χ1v) is 13.7. The molecule has 1 aliphatic carbocycles. The molecule has 2 aromatic carbocycles. The van der Waals surface area contributed by atoms with E-state index in [1.54, 1.807) is 71.9 Å². The molecule has 2 aromatic heterocycles. The number of rotatable bonds is 6. The van der Waals surface area contributed by atoms with E-state index in [1.807, 2.05) is 0 Å². The molecule has 0 bridgehead atoms. The van der Waals surface area contributed by atoms with Gasteiger partial charge in [-0.1, -0.05) is 23.7 Å². The van der Waals surface area contributed by atoms with Crippen LogP contribution in [0.5, 0.6) is 0 Å². The molecule has 1 saturated heterocycles. The van der Waals surface area contributed by atoms with Gasteiger partial charge < -0.3 is 20.5 Å². The highest BCUT2D eigenvalue weighted by molar-refractivity contribution is 6.35. The lowest BCUT2D eigenvalue weighted by molar-refractivity contribution is -0.136. The number of anilines is 1. The summed E-state index contributed by atoms with van der Waals surface area (Å²) in [5.41, 5.74) is 2.28. The number of pyridine rings is 1. The summed E-state index contributed by atoms with van der Waals surface area (Å²) >= 11 is 6.17. The number of nitrogens with zero attached hydrogens (tertiary/aromatic N) is 2. The molecule has 0 radical (unpaired) electrons. The van der Waals surface area contributed by atoms with Gasteiger partial charge >= 0.3 is 0 Å². The van der Waals surface area contributed by atoms with Crippen molar-refractivity contribution in [1.82, 2.24) is 19.8 Å². The van der Waals surface area contributed by atoms with Crippen LogP contribution in [0.25, 0.3) is 16.6 Å². The van der Waals surface area contributed by atoms with Gasteiger partial charge in [0.2, 0.25) is 11.8 Å². The summed E-state index contributed by atoms with van der Waals surface area (Å²) < 4.78 is 1.51. The molecule has 2 fully saturated rings. The minimum atomic E-state index is -0.638. The topological polar surface area (TPSA) is 116 Å². The largest absolute Gasteiger partial charge is 0.360 e. The highest BCUT2D eigenvalue weighted by Gasteiger charge is 2.41. The smallest absolute Gasteiger partial charge is 0.255 e. The van der Waals surface area contributed by atoms with Crippen LogP contribution in [0.3, 0.4) is 0 Å². The van der Waals surface area contributed by atoms with Crippen molar-refractivity contribution in [3.8, 4) is 5.69 Å².